The number of sulfonamides is 1. The first-order valence-electron chi connectivity index (χ1n) is 10.3. The number of rotatable bonds is 9. The zero-order valence-corrected chi connectivity index (χ0v) is 20.9. The number of methoxy groups -OCH3 is 1. The van der Waals surface area contributed by atoms with Crippen LogP contribution in [0.4, 0.5) is 5.69 Å². The molecule has 2 aromatic rings. The summed E-state index contributed by atoms with van der Waals surface area (Å²) in [7, 11) is -1.09. The van der Waals surface area contributed by atoms with Crippen LogP contribution in [0.2, 0.25) is 5.02 Å². The number of anilines is 1. The highest BCUT2D eigenvalue weighted by atomic mass is 35.5. The van der Waals surface area contributed by atoms with Crippen LogP contribution >= 0.6 is 11.6 Å². The Hall–Kier alpha value is -2.78. The summed E-state index contributed by atoms with van der Waals surface area (Å²) in [4.78, 5) is 25.9. The highest BCUT2D eigenvalue weighted by Gasteiger charge is 2.23. The van der Waals surface area contributed by atoms with E-state index >= 15 is 0 Å². The molecule has 0 aliphatic rings. The highest BCUT2D eigenvalue weighted by molar-refractivity contribution is 7.92. The molecule has 0 unspecified atom stereocenters. The summed E-state index contributed by atoms with van der Waals surface area (Å²) >= 11 is 6.15. The third-order valence-corrected chi connectivity index (χ3v) is 6.31. The van der Waals surface area contributed by atoms with Crippen LogP contribution in [0.5, 0.6) is 5.75 Å². The lowest BCUT2D eigenvalue weighted by molar-refractivity contribution is -0.154. The summed E-state index contributed by atoms with van der Waals surface area (Å²) in [6.45, 7) is 5.66. The van der Waals surface area contributed by atoms with Gasteiger partial charge in [-0.3, -0.25) is 14.3 Å². The Morgan fingerprint density at radius 3 is 2.42 bits per heavy atom. The van der Waals surface area contributed by atoms with Gasteiger partial charge in [0.05, 0.1) is 17.8 Å². The van der Waals surface area contributed by atoms with Crippen LogP contribution in [0.3, 0.4) is 0 Å². The fraction of sp³-hybridized carbons (Fsp3) is 0.391. The zero-order chi connectivity index (χ0) is 24.8. The van der Waals surface area contributed by atoms with Gasteiger partial charge in [-0.2, -0.15) is 0 Å². The molecule has 8 nitrogen and oxygen atoms in total. The quantitative estimate of drug-likeness (QED) is 0.518. The molecule has 33 heavy (non-hydrogen) atoms. The number of hydrogen-bond acceptors (Lipinski definition) is 6. The van der Waals surface area contributed by atoms with Gasteiger partial charge in [-0.05, 0) is 57.5 Å². The highest BCUT2D eigenvalue weighted by Crippen LogP contribution is 2.29. The van der Waals surface area contributed by atoms with Crippen LogP contribution < -0.4 is 9.46 Å². The van der Waals surface area contributed by atoms with Gasteiger partial charge < -0.3 is 14.4 Å². The Labute approximate surface area is 199 Å². The lowest BCUT2D eigenvalue weighted by Gasteiger charge is -2.21. The molecule has 0 heterocycles. The van der Waals surface area contributed by atoms with Crippen LogP contribution in [0.1, 0.15) is 44.0 Å². The molecule has 180 valence electrons. The molecule has 0 aliphatic carbocycles. The molecule has 0 aliphatic heterocycles. The number of ether oxygens (including phenoxy) is 2. The third-order valence-electron chi connectivity index (χ3n) is 4.46. The van der Waals surface area contributed by atoms with Crippen molar-refractivity contribution in [1.29, 1.82) is 0 Å². The molecule has 2 rings (SSSR count). The molecule has 0 fully saturated rings. The zero-order valence-electron chi connectivity index (χ0n) is 19.3. The van der Waals surface area contributed by atoms with E-state index in [0.717, 1.165) is 0 Å². The fourth-order valence-electron chi connectivity index (χ4n) is 2.95. The average Bonchev–Trinajstić information content (AvgIpc) is 2.72. The minimum Gasteiger partial charge on any atom is -0.495 e. The van der Waals surface area contributed by atoms with Crippen LogP contribution in [0.25, 0.3) is 0 Å². The molecule has 0 saturated carbocycles. The number of carbonyl (C=O) groups is 2. The molecule has 1 N–H and O–H groups in total. The van der Waals surface area contributed by atoms with Crippen molar-refractivity contribution in [2.75, 3.05) is 25.4 Å². The van der Waals surface area contributed by atoms with E-state index in [4.69, 9.17) is 21.1 Å². The maximum atomic E-state index is 13.0. The minimum atomic E-state index is -4.10. The molecular weight excluding hydrogens is 468 g/mol. The van der Waals surface area contributed by atoms with Crippen molar-refractivity contribution in [1.82, 2.24) is 4.90 Å². The number of halogens is 1. The van der Waals surface area contributed by atoms with Crippen molar-refractivity contribution in [2.24, 2.45) is 0 Å². The smallest absolute Gasteiger partial charge is 0.306 e. The molecule has 0 radical (unpaired) electrons. The van der Waals surface area contributed by atoms with Gasteiger partial charge in [0, 0.05) is 25.6 Å². The minimum absolute atomic E-state index is 0.0264. The van der Waals surface area contributed by atoms with Crippen molar-refractivity contribution in [3.8, 4) is 5.75 Å². The Morgan fingerprint density at radius 1 is 1.12 bits per heavy atom. The van der Waals surface area contributed by atoms with Crippen molar-refractivity contribution >= 4 is 39.2 Å². The van der Waals surface area contributed by atoms with Gasteiger partial charge in [-0.15, -0.1) is 0 Å². The number of nitrogens with zero attached hydrogens (tertiary/aromatic N) is 1. The van der Waals surface area contributed by atoms with E-state index in [-0.39, 0.29) is 33.6 Å². The van der Waals surface area contributed by atoms with E-state index in [1.165, 1.54) is 30.2 Å². The Morgan fingerprint density at radius 2 is 1.79 bits per heavy atom. The van der Waals surface area contributed by atoms with E-state index in [9.17, 15) is 18.0 Å². The molecule has 10 heteroatoms. The Bertz CT molecular complexity index is 1110. The Kier molecular flexibility index (Phi) is 8.74. The molecule has 0 spiro atoms. The van der Waals surface area contributed by atoms with Gasteiger partial charge in [0.2, 0.25) is 0 Å². The number of para-hydroxylation sites is 2. The van der Waals surface area contributed by atoms with Crippen LogP contribution in [-0.4, -0.2) is 51.5 Å². The molecule has 0 aromatic heterocycles. The first kappa shape index (κ1) is 26.5. The number of hydrogen-bond donors (Lipinski definition) is 1. The maximum Gasteiger partial charge on any atom is 0.306 e. The maximum absolute atomic E-state index is 13.0. The van der Waals surface area contributed by atoms with Gasteiger partial charge in [0.25, 0.3) is 15.9 Å². The van der Waals surface area contributed by atoms with Crippen LogP contribution in [0.15, 0.2) is 47.4 Å². The Balaban J connectivity index is 2.13. The third kappa shape index (κ3) is 7.64. The van der Waals surface area contributed by atoms with Gasteiger partial charge in [-0.1, -0.05) is 23.7 Å². The molecular formula is C23H29ClN2O6S. The average molecular weight is 497 g/mol. The summed E-state index contributed by atoms with van der Waals surface area (Å²) in [5.41, 5.74) is -0.173. The van der Waals surface area contributed by atoms with Gasteiger partial charge in [-0.25, -0.2) is 8.42 Å². The standard InChI is InChI=1S/C23H29ClN2O6S/c1-23(2,3)32-21(27)11-8-14-26(4)22(28)16-12-13-17(24)20(15-16)33(29,30)25-18-9-6-7-10-19(18)31-5/h6-7,9-10,12-13,15,25H,8,11,14H2,1-5H3. The number of nitrogens with one attached hydrogen (secondary N) is 1. The molecule has 0 atom stereocenters. The predicted molar refractivity (Wildman–Crippen MR) is 127 cm³/mol. The number of benzene rings is 2. The van der Waals surface area contributed by atoms with Crippen molar-refractivity contribution < 1.29 is 27.5 Å². The second-order valence-electron chi connectivity index (χ2n) is 8.37. The number of amides is 1. The van der Waals surface area contributed by atoms with E-state index in [1.54, 1.807) is 52.1 Å². The first-order chi connectivity index (χ1) is 15.3. The first-order valence-corrected chi connectivity index (χ1v) is 12.1. The van der Waals surface area contributed by atoms with Crippen LogP contribution in [-0.2, 0) is 19.6 Å². The summed E-state index contributed by atoms with van der Waals surface area (Å²) < 4.78 is 38.8. The number of carbonyl (C=O) groups excluding carboxylic acids is 2. The van der Waals surface area contributed by atoms with Crippen LogP contribution in [0, 0.1) is 0 Å². The van der Waals surface area contributed by atoms with Crippen molar-refractivity contribution in [3.05, 3.63) is 53.1 Å². The number of esters is 1. The van der Waals surface area contributed by atoms with E-state index < -0.39 is 21.5 Å². The summed E-state index contributed by atoms with van der Waals surface area (Å²) in [5.74, 6) is -0.399. The second kappa shape index (κ2) is 10.9. The summed E-state index contributed by atoms with van der Waals surface area (Å²) in [5, 5.41) is -0.0264. The fourth-order valence-corrected chi connectivity index (χ4v) is 4.54. The summed E-state index contributed by atoms with van der Waals surface area (Å²) in [6.07, 6.45) is 0.573. The lowest BCUT2D eigenvalue weighted by Crippen LogP contribution is -2.29. The van der Waals surface area contributed by atoms with Crippen molar-refractivity contribution in [3.63, 3.8) is 0 Å². The van der Waals surface area contributed by atoms with E-state index in [2.05, 4.69) is 4.72 Å². The van der Waals surface area contributed by atoms with Crippen molar-refractivity contribution in [2.45, 2.75) is 44.1 Å². The lowest BCUT2D eigenvalue weighted by atomic mass is 10.2. The van der Waals surface area contributed by atoms with E-state index in [0.29, 0.717) is 18.7 Å². The summed E-state index contributed by atoms with van der Waals surface area (Å²) in [6, 6.07) is 10.6. The molecule has 1 amide bonds. The molecule has 0 bridgehead atoms. The largest absolute Gasteiger partial charge is 0.495 e. The van der Waals surface area contributed by atoms with Gasteiger partial charge >= 0.3 is 5.97 Å². The monoisotopic (exact) mass is 496 g/mol. The van der Waals surface area contributed by atoms with Gasteiger partial charge in [0.15, 0.2) is 0 Å². The second-order valence-corrected chi connectivity index (χ2v) is 10.4. The topological polar surface area (TPSA) is 102 Å². The van der Waals surface area contributed by atoms with Gasteiger partial charge in [0.1, 0.15) is 16.2 Å². The molecule has 2 aromatic carbocycles. The normalized spacial score (nSPS) is 11.6. The predicted octanol–water partition coefficient (Wildman–Crippen LogP) is 4.34. The molecule has 0 saturated heterocycles. The SMILES string of the molecule is COc1ccccc1NS(=O)(=O)c1cc(C(=O)N(C)CCCC(=O)OC(C)(C)C)ccc1Cl. The van der Waals surface area contributed by atoms with E-state index in [1.807, 2.05) is 0 Å².